The summed E-state index contributed by atoms with van der Waals surface area (Å²) in [6.45, 7) is 57.4. The van der Waals surface area contributed by atoms with Gasteiger partial charge in [-0.25, -0.2) is 0 Å². The van der Waals surface area contributed by atoms with Crippen LogP contribution < -0.4 is 63.7 Å². The zero-order valence-electron chi connectivity index (χ0n) is 56.9. The van der Waals surface area contributed by atoms with Crippen molar-refractivity contribution >= 4 is 125 Å². The normalized spacial score (nSPS) is 15.6. The van der Waals surface area contributed by atoms with Crippen LogP contribution in [0, 0.1) is 0 Å². The molecule has 0 saturated carbocycles. The summed E-state index contributed by atoms with van der Waals surface area (Å²) in [6, 6.07) is 45.8. The lowest BCUT2D eigenvalue weighted by molar-refractivity contribution is 0.482. The topological polar surface area (TPSA) is 20.6 Å². The molecule has 1 aromatic heterocycles. The van der Waals surface area contributed by atoms with Gasteiger partial charge in [-0.3, -0.25) is 0 Å². The van der Waals surface area contributed by atoms with Crippen molar-refractivity contribution in [2.45, 2.75) is 209 Å². The fourth-order valence-corrected chi connectivity index (χ4v) is 15.8. The van der Waals surface area contributed by atoms with E-state index in [9.17, 15) is 0 Å². The lowest BCUT2D eigenvalue weighted by atomic mass is 9.27. The second-order valence-electron chi connectivity index (χ2n) is 35.6. The predicted octanol–water partition coefficient (Wildman–Crippen LogP) is 15.3. The van der Waals surface area contributed by atoms with Crippen LogP contribution in [0.4, 0.5) is 34.1 Å². The molecule has 6 aliphatic heterocycles. The highest BCUT2D eigenvalue weighted by atomic mass is 16.5. The van der Waals surface area contributed by atoms with E-state index in [-0.39, 0.29) is 63.5 Å². The summed E-state index contributed by atoms with van der Waals surface area (Å²) in [5.41, 5.74) is 34.0. The first-order valence-electron chi connectivity index (χ1n) is 32.7. The van der Waals surface area contributed by atoms with Gasteiger partial charge >= 0.3 is 0 Å². The molecule has 8 aromatic carbocycles. The third-order valence-corrected chi connectivity index (χ3v) is 21.2. The summed E-state index contributed by atoms with van der Waals surface area (Å²) >= 11 is 0. The Kier molecular flexibility index (Phi) is 11.1. The minimum Gasteiger partial charge on any atom is -0.458 e. The van der Waals surface area contributed by atoms with Gasteiger partial charge in [0.1, 0.15) is 11.5 Å². The van der Waals surface area contributed by atoms with Crippen LogP contribution in [0.5, 0.6) is 11.5 Å². The monoisotopic (exact) mass is 1140 g/mol. The second-order valence-corrected chi connectivity index (χ2v) is 35.6. The number of rotatable bonds is 0. The molecule has 0 saturated heterocycles. The van der Waals surface area contributed by atoms with Crippen LogP contribution in [-0.4, -0.2) is 24.7 Å². The summed E-state index contributed by atoms with van der Waals surface area (Å²) in [7, 11) is 0. The molecule has 0 N–H and O–H groups in total. The Morgan fingerprint density at radius 2 is 0.598 bits per heavy atom. The standard InChI is InChI=1S/C80H90B3N3O/c1-73(2,3)43-25-27-59-51(29-43)52-30-45(75(7,8)9)32-54-70(52)84(59)60-37-48(78(16,17)18)38-61-67(60)82(54)56-34-47(77(13,14)15)36-58-72(56)85(61)62-39-49(79(19,20)21)40-63-68(62)83(58)57-35-46(76(10,11)12)33-55-71(57)86(63)64-41-50(80(22,23)24)42-66-69(64)81(55)53-31-44(74(4,5)6)26-28-65(53)87-66/h25-42H,1-24H3. The molecule has 0 spiro atoms. The second kappa shape index (κ2) is 17.1. The number of nitrogens with zero attached hydrogens (tertiary/aromatic N) is 3. The molecule has 0 aliphatic carbocycles. The van der Waals surface area contributed by atoms with Crippen molar-refractivity contribution in [1.82, 2.24) is 4.57 Å². The van der Waals surface area contributed by atoms with Gasteiger partial charge in [-0.05, 0) is 198 Å². The third-order valence-electron chi connectivity index (χ3n) is 21.2. The van der Waals surface area contributed by atoms with E-state index in [1.807, 2.05) is 0 Å². The highest BCUT2D eigenvalue weighted by Crippen LogP contribution is 2.52. The maximum atomic E-state index is 7.36. The van der Waals surface area contributed by atoms with Gasteiger partial charge in [0.2, 0.25) is 0 Å². The van der Waals surface area contributed by atoms with Crippen LogP contribution in [0.25, 0.3) is 27.5 Å². The van der Waals surface area contributed by atoms with E-state index in [1.54, 1.807) is 0 Å². The SMILES string of the molecule is CC(C)(C)c1ccc2c(c1)B1c3cc(C(C)(C)C)cc4c3N(c3cc(C(C)(C)C)cc(c31)O2)c1cc(C(C)(C)C)cc2c1B4c1cc(C(C)(C)C)cc3c1N2c1cc(C(C)(C)C)cc2c1B3c1cc(C(C)(C)C)cc3c4cc(C(C)(C)C)ccc4n-2c13. The summed E-state index contributed by atoms with van der Waals surface area (Å²) in [4.78, 5) is 5.59. The Hall–Kier alpha value is -6.85. The van der Waals surface area contributed by atoms with E-state index in [4.69, 9.17) is 4.74 Å². The van der Waals surface area contributed by atoms with Crippen molar-refractivity contribution in [2.75, 3.05) is 9.80 Å². The Morgan fingerprint density at radius 1 is 0.276 bits per heavy atom. The lowest BCUT2D eigenvalue weighted by Gasteiger charge is -2.52. The van der Waals surface area contributed by atoms with E-state index in [0.29, 0.717) is 0 Å². The Balaban J connectivity index is 1.14. The van der Waals surface area contributed by atoms with Crippen LogP contribution in [-0.2, 0) is 43.3 Å². The minimum atomic E-state index is -0.190. The molecule has 15 rings (SSSR count). The number of aromatic nitrogens is 1. The van der Waals surface area contributed by atoms with Crippen LogP contribution >= 0.6 is 0 Å². The lowest BCUT2D eigenvalue weighted by Crippen LogP contribution is -2.70. The summed E-state index contributed by atoms with van der Waals surface area (Å²) in [5.74, 6) is 1.94. The predicted molar refractivity (Wildman–Crippen MR) is 380 cm³/mol. The minimum absolute atomic E-state index is 0.0114. The molecule has 0 radical (unpaired) electrons. The Labute approximate surface area is 521 Å². The summed E-state index contributed by atoms with van der Waals surface area (Å²) < 4.78 is 10.1. The maximum Gasteiger partial charge on any atom is 0.256 e. The molecule has 0 atom stereocenters. The molecule has 0 amide bonds. The molecule has 7 heteroatoms. The molecule has 87 heavy (non-hydrogen) atoms. The molecule has 7 heterocycles. The first-order valence-corrected chi connectivity index (χ1v) is 32.7. The molecule has 440 valence electrons. The van der Waals surface area contributed by atoms with Crippen molar-refractivity contribution in [1.29, 1.82) is 0 Å². The molecule has 9 aromatic rings. The van der Waals surface area contributed by atoms with Crippen LogP contribution in [0.15, 0.2) is 109 Å². The average Bonchev–Trinajstić information content (AvgIpc) is 1.42. The average molecular weight is 1140 g/mol. The van der Waals surface area contributed by atoms with E-state index in [2.05, 4.69) is 290 Å². The number of benzene rings is 8. The number of fused-ring (bicyclic) bond motifs is 15. The van der Waals surface area contributed by atoms with Gasteiger partial charge < -0.3 is 19.1 Å². The van der Waals surface area contributed by atoms with Crippen molar-refractivity contribution in [3.05, 3.63) is 154 Å². The summed E-state index contributed by atoms with van der Waals surface area (Å²) in [5, 5.41) is 2.70. The van der Waals surface area contributed by atoms with Gasteiger partial charge in [0.25, 0.3) is 20.1 Å². The van der Waals surface area contributed by atoms with Crippen molar-refractivity contribution in [3.8, 4) is 17.2 Å². The van der Waals surface area contributed by atoms with Crippen molar-refractivity contribution in [3.63, 3.8) is 0 Å². The zero-order chi connectivity index (χ0) is 62.2. The van der Waals surface area contributed by atoms with E-state index in [0.717, 1.165) is 11.5 Å². The smallest absolute Gasteiger partial charge is 0.256 e. The first-order chi connectivity index (χ1) is 40.2. The first kappa shape index (κ1) is 56.6. The molecular weight excluding hydrogens is 1050 g/mol. The largest absolute Gasteiger partial charge is 0.458 e. The molecule has 0 fully saturated rings. The molecule has 4 nitrogen and oxygen atoms in total. The number of anilines is 6. The molecule has 0 unspecified atom stereocenters. The number of hydrogen-bond acceptors (Lipinski definition) is 3. The Morgan fingerprint density at radius 3 is 1.06 bits per heavy atom. The van der Waals surface area contributed by atoms with Crippen molar-refractivity contribution in [2.24, 2.45) is 0 Å². The quantitative estimate of drug-likeness (QED) is 0.141. The van der Waals surface area contributed by atoms with Crippen LogP contribution in [0.3, 0.4) is 0 Å². The highest BCUT2D eigenvalue weighted by molar-refractivity contribution is 7.06. The van der Waals surface area contributed by atoms with E-state index >= 15 is 0 Å². The van der Waals surface area contributed by atoms with Gasteiger partial charge in [-0.2, -0.15) is 0 Å². The van der Waals surface area contributed by atoms with Gasteiger partial charge in [0.15, 0.2) is 0 Å². The van der Waals surface area contributed by atoms with Gasteiger partial charge in [0, 0.05) is 56.1 Å². The van der Waals surface area contributed by atoms with Crippen molar-refractivity contribution < 1.29 is 4.74 Å². The van der Waals surface area contributed by atoms with Crippen LogP contribution in [0.2, 0.25) is 0 Å². The highest BCUT2D eigenvalue weighted by Gasteiger charge is 2.55. The van der Waals surface area contributed by atoms with E-state index < -0.39 is 0 Å². The third kappa shape index (κ3) is 7.97. The fourth-order valence-electron chi connectivity index (χ4n) is 15.8. The van der Waals surface area contributed by atoms with E-state index in [1.165, 1.54) is 155 Å². The fraction of sp³-hybridized carbons (Fsp3) is 0.400. The van der Waals surface area contributed by atoms with Gasteiger partial charge in [-0.1, -0.05) is 215 Å². The molecule has 6 aliphatic rings. The number of hydrogen-bond donors (Lipinski definition) is 0. The van der Waals surface area contributed by atoms with Gasteiger partial charge in [-0.15, -0.1) is 0 Å². The Bertz CT molecular complexity index is 4590. The number of ether oxygens (including phenoxy) is 1. The van der Waals surface area contributed by atoms with Crippen LogP contribution in [0.1, 0.15) is 211 Å². The molecular formula is C80H90B3N3O. The zero-order valence-corrected chi connectivity index (χ0v) is 56.9. The van der Waals surface area contributed by atoms with Gasteiger partial charge in [0.05, 0.1) is 5.52 Å². The maximum absolute atomic E-state index is 7.36. The molecule has 0 bridgehead atoms. The summed E-state index contributed by atoms with van der Waals surface area (Å²) in [6.07, 6.45) is 0.